The Balaban J connectivity index is 2.13. The first-order valence-corrected chi connectivity index (χ1v) is 5.94. The molecule has 0 saturated heterocycles. The molecule has 0 aliphatic carbocycles. The smallest absolute Gasteiger partial charge is 0.171 e. The number of hydrogen-bond acceptors (Lipinski definition) is 5. The van der Waals surface area contributed by atoms with Gasteiger partial charge in [-0.1, -0.05) is 0 Å². The van der Waals surface area contributed by atoms with Gasteiger partial charge in [-0.05, 0) is 44.2 Å². The van der Waals surface area contributed by atoms with Crippen LogP contribution in [0.3, 0.4) is 0 Å². The van der Waals surface area contributed by atoms with Crippen LogP contribution >= 0.6 is 0 Å². The first-order chi connectivity index (χ1) is 9.19. The second-order valence-corrected chi connectivity index (χ2v) is 4.22. The van der Waals surface area contributed by atoms with Crippen molar-refractivity contribution in [1.82, 2.24) is 10.2 Å². The van der Waals surface area contributed by atoms with E-state index in [0.29, 0.717) is 11.4 Å². The van der Waals surface area contributed by atoms with Gasteiger partial charge in [-0.3, -0.25) is 0 Å². The first kappa shape index (κ1) is 12.8. The Labute approximate surface area is 111 Å². The van der Waals surface area contributed by atoms with Gasteiger partial charge in [0, 0.05) is 5.69 Å². The van der Waals surface area contributed by atoms with Crippen LogP contribution in [0.4, 0.5) is 11.5 Å². The zero-order valence-electron chi connectivity index (χ0n) is 10.8. The number of hydrogen-bond donors (Lipinski definition) is 1. The molecule has 2 aromatic rings. The maximum absolute atomic E-state index is 8.96. The molecule has 96 valence electrons. The maximum atomic E-state index is 8.96. The van der Waals surface area contributed by atoms with Crippen molar-refractivity contribution < 1.29 is 4.74 Å². The van der Waals surface area contributed by atoms with Crippen LogP contribution in [0, 0.1) is 11.3 Å². The van der Waals surface area contributed by atoms with E-state index in [1.807, 2.05) is 38.1 Å². The van der Waals surface area contributed by atoms with Crippen LogP contribution in [0.15, 0.2) is 36.5 Å². The third-order valence-corrected chi connectivity index (χ3v) is 2.33. The van der Waals surface area contributed by atoms with Gasteiger partial charge in [0.25, 0.3) is 0 Å². The average molecular weight is 254 g/mol. The Kier molecular flexibility index (Phi) is 3.94. The van der Waals surface area contributed by atoms with Crippen molar-refractivity contribution in [2.24, 2.45) is 0 Å². The third kappa shape index (κ3) is 3.42. The zero-order valence-corrected chi connectivity index (χ0v) is 10.8. The van der Waals surface area contributed by atoms with Crippen molar-refractivity contribution in [3.05, 3.63) is 42.1 Å². The molecule has 0 fully saturated rings. The second kappa shape index (κ2) is 5.83. The van der Waals surface area contributed by atoms with Crippen LogP contribution in [-0.2, 0) is 0 Å². The van der Waals surface area contributed by atoms with E-state index < -0.39 is 0 Å². The molecule has 0 aliphatic heterocycles. The van der Waals surface area contributed by atoms with Crippen LogP contribution in [0.5, 0.6) is 5.75 Å². The third-order valence-electron chi connectivity index (χ3n) is 2.33. The Morgan fingerprint density at radius 2 is 1.95 bits per heavy atom. The molecule has 5 heteroatoms. The van der Waals surface area contributed by atoms with Crippen LogP contribution < -0.4 is 10.1 Å². The van der Waals surface area contributed by atoms with Crippen LogP contribution in [-0.4, -0.2) is 16.3 Å². The normalized spacial score (nSPS) is 10.0. The van der Waals surface area contributed by atoms with Crippen molar-refractivity contribution in [2.45, 2.75) is 20.0 Å². The molecule has 0 aliphatic rings. The number of anilines is 2. The van der Waals surface area contributed by atoms with Gasteiger partial charge >= 0.3 is 0 Å². The summed E-state index contributed by atoms with van der Waals surface area (Å²) in [5.41, 5.74) is 1.28. The van der Waals surface area contributed by atoms with E-state index in [0.717, 1.165) is 11.4 Å². The van der Waals surface area contributed by atoms with Crippen molar-refractivity contribution in [3.63, 3.8) is 0 Å². The highest BCUT2D eigenvalue weighted by Gasteiger charge is 2.04. The SMILES string of the molecule is CC(C)Oc1ccc(Nc2nnccc2C#N)cc1. The van der Waals surface area contributed by atoms with Gasteiger partial charge in [-0.2, -0.15) is 10.4 Å². The molecule has 0 saturated carbocycles. The summed E-state index contributed by atoms with van der Waals surface area (Å²) in [5, 5.41) is 19.7. The minimum Gasteiger partial charge on any atom is -0.491 e. The summed E-state index contributed by atoms with van der Waals surface area (Å²) in [4.78, 5) is 0. The number of ether oxygens (including phenoxy) is 1. The van der Waals surface area contributed by atoms with Crippen molar-refractivity contribution in [1.29, 1.82) is 5.26 Å². The van der Waals surface area contributed by atoms with E-state index in [2.05, 4.69) is 21.6 Å². The summed E-state index contributed by atoms with van der Waals surface area (Å²) in [7, 11) is 0. The minimum atomic E-state index is 0.143. The molecule has 5 nitrogen and oxygen atoms in total. The summed E-state index contributed by atoms with van der Waals surface area (Å²) in [6, 6.07) is 11.1. The fraction of sp³-hybridized carbons (Fsp3) is 0.214. The predicted molar refractivity (Wildman–Crippen MR) is 72.2 cm³/mol. The lowest BCUT2D eigenvalue weighted by Crippen LogP contribution is -2.05. The Morgan fingerprint density at radius 3 is 2.58 bits per heavy atom. The second-order valence-electron chi connectivity index (χ2n) is 4.22. The summed E-state index contributed by atoms with van der Waals surface area (Å²) in [6.45, 7) is 3.95. The highest BCUT2D eigenvalue weighted by Crippen LogP contribution is 2.20. The lowest BCUT2D eigenvalue weighted by Gasteiger charge is -2.11. The molecule has 19 heavy (non-hydrogen) atoms. The van der Waals surface area contributed by atoms with E-state index in [1.165, 1.54) is 6.20 Å². The number of nitrogens with zero attached hydrogens (tertiary/aromatic N) is 3. The van der Waals surface area contributed by atoms with Crippen LogP contribution in [0.1, 0.15) is 19.4 Å². The van der Waals surface area contributed by atoms with Crippen LogP contribution in [0.2, 0.25) is 0 Å². The van der Waals surface area contributed by atoms with Gasteiger partial charge in [0.05, 0.1) is 17.9 Å². The molecular formula is C14H14N4O. The molecule has 0 spiro atoms. The number of aromatic nitrogens is 2. The van der Waals surface area contributed by atoms with Gasteiger partial charge in [0.1, 0.15) is 11.8 Å². The highest BCUT2D eigenvalue weighted by molar-refractivity contribution is 5.62. The van der Waals surface area contributed by atoms with Crippen LogP contribution in [0.25, 0.3) is 0 Å². The monoisotopic (exact) mass is 254 g/mol. The molecule has 0 unspecified atom stereocenters. The van der Waals surface area contributed by atoms with E-state index in [4.69, 9.17) is 10.00 Å². The Bertz CT molecular complexity index is 587. The topological polar surface area (TPSA) is 70.8 Å². The zero-order chi connectivity index (χ0) is 13.7. The quantitative estimate of drug-likeness (QED) is 0.908. The fourth-order valence-corrected chi connectivity index (χ4v) is 1.54. The van der Waals surface area contributed by atoms with E-state index in [-0.39, 0.29) is 6.10 Å². The Morgan fingerprint density at radius 1 is 1.21 bits per heavy atom. The molecular weight excluding hydrogens is 240 g/mol. The Hall–Kier alpha value is -2.61. The molecule has 0 radical (unpaired) electrons. The molecule has 1 N–H and O–H groups in total. The maximum Gasteiger partial charge on any atom is 0.171 e. The predicted octanol–water partition coefficient (Wildman–Crippen LogP) is 2.88. The van der Waals surface area contributed by atoms with Gasteiger partial charge in [-0.25, -0.2) is 0 Å². The van der Waals surface area contributed by atoms with Gasteiger partial charge in [-0.15, -0.1) is 5.10 Å². The standard InChI is InChI=1S/C14H14N4O/c1-10(2)19-13-5-3-12(4-6-13)17-14-11(9-15)7-8-16-18-14/h3-8,10H,1-2H3,(H,17,18). The number of rotatable bonds is 4. The number of nitrogens with one attached hydrogen (secondary N) is 1. The van der Waals surface area contributed by atoms with Crippen molar-refractivity contribution in [2.75, 3.05) is 5.32 Å². The van der Waals surface area contributed by atoms with E-state index in [1.54, 1.807) is 6.07 Å². The molecule has 0 bridgehead atoms. The number of benzene rings is 1. The summed E-state index contributed by atoms with van der Waals surface area (Å²) < 4.78 is 5.56. The lowest BCUT2D eigenvalue weighted by atomic mass is 10.2. The summed E-state index contributed by atoms with van der Waals surface area (Å²) >= 11 is 0. The average Bonchev–Trinajstić information content (AvgIpc) is 2.41. The van der Waals surface area contributed by atoms with Crippen molar-refractivity contribution >= 4 is 11.5 Å². The largest absolute Gasteiger partial charge is 0.491 e. The molecule has 0 atom stereocenters. The van der Waals surface area contributed by atoms with Gasteiger partial charge in [0.15, 0.2) is 5.82 Å². The molecule has 1 aromatic heterocycles. The molecule has 1 aromatic carbocycles. The molecule has 2 rings (SSSR count). The number of nitriles is 1. The van der Waals surface area contributed by atoms with Gasteiger partial charge in [0.2, 0.25) is 0 Å². The highest BCUT2D eigenvalue weighted by atomic mass is 16.5. The van der Waals surface area contributed by atoms with E-state index >= 15 is 0 Å². The molecule has 1 heterocycles. The molecule has 0 amide bonds. The first-order valence-electron chi connectivity index (χ1n) is 5.94. The summed E-state index contributed by atoms with van der Waals surface area (Å²) in [5.74, 6) is 1.25. The fourth-order valence-electron chi connectivity index (χ4n) is 1.54. The van der Waals surface area contributed by atoms with E-state index in [9.17, 15) is 0 Å². The van der Waals surface area contributed by atoms with Crippen molar-refractivity contribution in [3.8, 4) is 11.8 Å². The lowest BCUT2D eigenvalue weighted by molar-refractivity contribution is 0.242. The van der Waals surface area contributed by atoms with Gasteiger partial charge < -0.3 is 10.1 Å². The summed E-state index contributed by atoms with van der Waals surface area (Å²) in [6.07, 6.45) is 1.63. The minimum absolute atomic E-state index is 0.143.